The lowest BCUT2D eigenvalue weighted by atomic mass is 9.93. The second-order valence-corrected chi connectivity index (χ2v) is 5.91. The number of nitrogens with zero attached hydrogens (tertiary/aromatic N) is 2. The van der Waals surface area contributed by atoms with E-state index in [9.17, 15) is 0 Å². The summed E-state index contributed by atoms with van der Waals surface area (Å²) >= 11 is 0. The summed E-state index contributed by atoms with van der Waals surface area (Å²) in [5.74, 6) is 2.71. The van der Waals surface area contributed by atoms with E-state index in [1.54, 1.807) is 0 Å². The fraction of sp³-hybridized carbons (Fsp3) is 0.857. The van der Waals surface area contributed by atoms with Gasteiger partial charge >= 0.3 is 0 Å². The highest BCUT2D eigenvalue weighted by atomic mass is 16.3. The van der Waals surface area contributed by atoms with Crippen molar-refractivity contribution in [1.82, 2.24) is 9.80 Å². The minimum Gasteiger partial charge on any atom is -0.395 e. The lowest BCUT2D eigenvalue weighted by Crippen LogP contribution is -2.48. The molecule has 0 aromatic carbocycles. The molecule has 3 rings (SSSR count). The van der Waals surface area contributed by atoms with Gasteiger partial charge in [0.2, 0.25) is 0 Å². The molecule has 2 bridgehead atoms. The molecule has 1 N–H and O–H groups in total. The van der Waals surface area contributed by atoms with Crippen LogP contribution in [0.5, 0.6) is 0 Å². The Bertz CT molecular complexity index is 284. The van der Waals surface area contributed by atoms with Crippen LogP contribution in [-0.4, -0.2) is 60.8 Å². The number of β-amino-alcohol motifs (C(OH)–C–C–N with tert-alkyl or cyclic N) is 1. The fourth-order valence-corrected chi connectivity index (χ4v) is 3.77. The highest BCUT2D eigenvalue weighted by molar-refractivity contribution is 5.10. The number of allylic oxidation sites excluding steroid dienone is 2. The van der Waals surface area contributed by atoms with Gasteiger partial charge in [-0.25, -0.2) is 0 Å². The topological polar surface area (TPSA) is 26.7 Å². The first-order chi connectivity index (χ1) is 8.35. The predicted molar refractivity (Wildman–Crippen MR) is 68.8 cm³/mol. The zero-order valence-corrected chi connectivity index (χ0v) is 10.6. The minimum absolute atomic E-state index is 0.303. The van der Waals surface area contributed by atoms with Crippen LogP contribution in [0.15, 0.2) is 12.2 Å². The molecule has 0 aromatic heterocycles. The van der Waals surface area contributed by atoms with Crippen LogP contribution in [0.2, 0.25) is 0 Å². The molecule has 1 saturated carbocycles. The van der Waals surface area contributed by atoms with E-state index in [-0.39, 0.29) is 0 Å². The van der Waals surface area contributed by atoms with E-state index >= 15 is 0 Å². The Morgan fingerprint density at radius 2 is 1.76 bits per heavy atom. The zero-order valence-electron chi connectivity index (χ0n) is 10.6. The lowest BCUT2D eigenvalue weighted by molar-refractivity contribution is 0.0980. The Hall–Kier alpha value is -0.380. The van der Waals surface area contributed by atoms with Crippen molar-refractivity contribution in [3.05, 3.63) is 12.2 Å². The Kier molecular flexibility index (Phi) is 3.50. The number of aliphatic hydroxyl groups is 1. The normalized spacial score (nSPS) is 38.1. The van der Waals surface area contributed by atoms with E-state index in [1.165, 1.54) is 32.5 Å². The molecule has 0 aromatic rings. The van der Waals surface area contributed by atoms with Crippen molar-refractivity contribution in [3.8, 4) is 0 Å². The van der Waals surface area contributed by atoms with Gasteiger partial charge in [-0.2, -0.15) is 0 Å². The van der Waals surface area contributed by atoms with Gasteiger partial charge in [0.15, 0.2) is 0 Å². The largest absolute Gasteiger partial charge is 0.395 e. The van der Waals surface area contributed by atoms with E-state index in [1.807, 2.05) is 0 Å². The van der Waals surface area contributed by atoms with Crippen molar-refractivity contribution in [3.63, 3.8) is 0 Å². The molecular formula is C14H24N2O. The summed E-state index contributed by atoms with van der Waals surface area (Å²) in [6.07, 6.45) is 7.74. The Labute approximate surface area is 104 Å². The summed E-state index contributed by atoms with van der Waals surface area (Å²) in [5.41, 5.74) is 0. The van der Waals surface area contributed by atoms with Crippen LogP contribution < -0.4 is 0 Å². The van der Waals surface area contributed by atoms with E-state index in [0.717, 1.165) is 37.4 Å². The summed E-state index contributed by atoms with van der Waals surface area (Å²) in [4.78, 5) is 5.00. The molecule has 2 fully saturated rings. The molecule has 0 radical (unpaired) electrons. The molecule has 3 heteroatoms. The first-order valence-corrected chi connectivity index (χ1v) is 7.09. The Morgan fingerprint density at radius 3 is 2.35 bits per heavy atom. The van der Waals surface area contributed by atoms with Crippen LogP contribution in [0.1, 0.15) is 12.8 Å². The molecule has 0 amide bonds. The number of aliphatic hydroxyl groups excluding tert-OH is 1. The molecule has 1 aliphatic heterocycles. The van der Waals surface area contributed by atoms with E-state index < -0.39 is 0 Å². The third-order valence-electron chi connectivity index (χ3n) is 4.79. The van der Waals surface area contributed by atoms with E-state index in [4.69, 9.17) is 5.11 Å². The van der Waals surface area contributed by atoms with Crippen LogP contribution in [0, 0.1) is 17.8 Å². The van der Waals surface area contributed by atoms with Crippen molar-refractivity contribution in [2.75, 3.05) is 45.9 Å². The molecule has 1 saturated heterocycles. The van der Waals surface area contributed by atoms with Crippen molar-refractivity contribution in [2.45, 2.75) is 12.8 Å². The van der Waals surface area contributed by atoms with Gasteiger partial charge in [-0.15, -0.1) is 0 Å². The van der Waals surface area contributed by atoms with Gasteiger partial charge in [0, 0.05) is 39.3 Å². The van der Waals surface area contributed by atoms with Crippen LogP contribution in [0.3, 0.4) is 0 Å². The summed E-state index contributed by atoms with van der Waals surface area (Å²) < 4.78 is 0. The Balaban J connectivity index is 1.44. The second-order valence-electron chi connectivity index (χ2n) is 5.91. The maximum Gasteiger partial charge on any atom is 0.0558 e. The monoisotopic (exact) mass is 236 g/mol. The minimum atomic E-state index is 0.303. The number of rotatable bonds is 4. The van der Waals surface area contributed by atoms with Crippen LogP contribution in [0.4, 0.5) is 0 Å². The Morgan fingerprint density at radius 1 is 1.00 bits per heavy atom. The quantitative estimate of drug-likeness (QED) is 0.732. The number of piperazine rings is 1. The number of hydrogen-bond donors (Lipinski definition) is 1. The van der Waals surface area contributed by atoms with E-state index in [0.29, 0.717) is 6.61 Å². The van der Waals surface area contributed by atoms with Crippen molar-refractivity contribution >= 4 is 0 Å². The third kappa shape index (κ3) is 2.56. The van der Waals surface area contributed by atoms with Crippen LogP contribution in [0.25, 0.3) is 0 Å². The smallest absolute Gasteiger partial charge is 0.0558 e. The molecule has 0 spiro atoms. The average Bonchev–Trinajstić information content (AvgIpc) is 2.94. The summed E-state index contributed by atoms with van der Waals surface area (Å²) in [6, 6.07) is 0. The maximum atomic E-state index is 8.92. The molecule has 1 heterocycles. The molecule has 3 nitrogen and oxygen atoms in total. The fourth-order valence-electron chi connectivity index (χ4n) is 3.77. The van der Waals surface area contributed by atoms with Gasteiger partial charge in [-0.1, -0.05) is 12.2 Å². The van der Waals surface area contributed by atoms with Gasteiger partial charge in [-0.3, -0.25) is 4.90 Å². The van der Waals surface area contributed by atoms with Crippen molar-refractivity contribution in [2.24, 2.45) is 17.8 Å². The number of fused-ring (bicyclic) bond motifs is 2. The maximum absolute atomic E-state index is 8.92. The van der Waals surface area contributed by atoms with E-state index in [2.05, 4.69) is 22.0 Å². The summed E-state index contributed by atoms with van der Waals surface area (Å²) in [7, 11) is 0. The highest BCUT2D eigenvalue weighted by Gasteiger charge is 2.36. The molecule has 17 heavy (non-hydrogen) atoms. The molecule has 0 unspecified atom stereocenters. The SMILES string of the molecule is OCCN1CCN(C[C@H]2C[C@@H]3C=C[C@@H]2C3)CC1. The molecule has 96 valence electrons. The summed E-state index contributed by atoms with van der Waals surface area (Å²) in [5, 5.41) is 8.92. The molecular weight excluding hydrogens is 212 g/mol. The van der Waals surface area contributed by atoms with Crippen LogP contribution >= 0.6 is 0 Å². The summed E-state index contributed by atoms with van der Waals surface area (Å²) in [6.45, 7) is 7.12. The second kappa shape index (κ2) is 5.09. The van der Waals surface area contributed by atoms with Gasteiger partial charge in [-0.05, 0) is 30.6 Å². The average molecular weight is 236 g/mol. The highest BCUT2D eigenvalue weighted by Crippen LogP contribution is 2.43. The lowest BCUT2D eigenvalue weighted by Gasteiger charge is -2.36. The first-order valence-electron chi connectivity index (χ1n) is 7.09. The third-order valence-corrected chi connectivity index (χ3v) is 4.79. The van der Waals surface area contributed by atoms with Gasteiger partial charge in [0.1, 0.15) is 0 Å². The van der Waals surface area contributed by atoms with Crippen molar-refractivity contribution < 1.29 is 5.11 Å². The molecule has 3 atom stereocenters. The van der Waals surface area contributed by atoms with Gasteiger partial charge < -0.3 is 10.0 Å². The van der Waals surface area contributed by atoms with Crippen LogP contribution in [-0.2, 0) is 0 Å². The van der Waals surface area contributed by atoms with Gasteiger partial charge in [0.25, 0.3) is 0 Å². The zero-order chi connectivity index (χ0) is 11.7. The predicted octanol–water partition coefficient (Wildman–Crippen LogP) is 0.808. The number of hydrogen-bond acceptors (Lipinski definition) is 3. The standard InChI is InChI=1S/C14H24N2O/c17-8-7-15-3-5-16(6-4-15)11-14-10-12-1-2-13(14)9-12/h1-2,12-14,17H,3-11H2/t12-,13-,14-/m1/s1. The van der Waals surface area contributed by atoms with Gasteiger partial charge in [0.05, 0.1) is 6.61 Å². The molecule has 3 aliphatic rings. The first kappa shape index (κ1) is 11.7. The molecule has 2 aliphatic carbocycles. The van der Waals surface area contributed by atoms with Crippen molar-refractivity contribution in [1.29, 1.82) is 0 Å².